The van der Waals surface area contributed by atoms with E-state index in [0.29, 0.717) is 0 Å². The fourth-order valence-corrected chi connectivity index (χ4v) is 1.53. The van der Waals surface area contributed by atoms with Gasteiger partial charge >= 0.3 is 0 Å². The van der Waals surface area contributed by atoms with Crippen molar-refractivity contribution in [2.75, 3.05) is 5.32 Å². The van der Waals surface area contributed by atoms with E-state index in [1.54, 1.807) is 6.07 Å². The van der Waals surface area contributed by atoms with Gasteiger partial charge in [0.05, 0.1) is 17.5 Å². The highest BCUT2D eigenvalue weighted by atomic mass is 19.1. The molecule has 1 aromatic heterocycles. The maximum absolute atomic E-state index is 13.6. The van der Waals surface area contributed by atoms with Crippen molar-refractivity contribution in [1.82, 2.24) is 0 Å². The summed E-state index contributed by atoms with van der Waals surface area (Å²) in [4.78, 5) is 11.8. The number of amides is 1. The predicted molar refractivity (Wildman–Crippen MR) is 65.6 cm³/mol. The number of carbonyl (C=O) groups excluding carboxylic acids is 1. The molecule has 0 bridgehead atoms. The van der Waals surface area contributed by atoms with Crippen LogP contribution in [-0.2, 0) is 0 Å². The highest BCUT2D eigenvalue weighted by Gasteiger charge is 2.16. The molecule has 1 heterocycles. The third-order valence-electron chi connectivity index (χ3n) is 2.37. The first kappa shape index (κ1) is 12.6. The molecule has 2 aromatic rings. The van der Waals surface area contributed by atoms with E-state index < -0.39 is 17.6 Å². The van der Waals surface area contributed by atoms with Gasteiger partial charge in [-0.25, -0.2) is 4.39 Å². The number of anilines is 1. The molecule has 0 aliphatic carbocycles. The molecule has 1 aromatic carbocycles. The number of carbonyl (C=O) groups is 1. The van der Waals surface area contributed by atoms with Crippen molar-refractivity contribution in [2.24, 2.45) is 10.9 Å². The van der Waals surface area contributed by atoms with Crippen LogP contribution in [0.15, 0.2) is 46.2 Å². The molecule has 0 atom stereocenters. The van der Waals surface area contributed by atoms with Gasteiger partial charge in [-0.2, -0.15) is 0 Å². The minimum absolute atomic E-state index is 0.0646. The fraction of sp³-hybridized carbons (Fsp3) is 0. The lowest BCUT2D eigenvalue weighted by Crippen LogP contribution is -2.20. The zero-order chi connectivity index (χ0) is 13.8. The number of furan rings is 1. The van der Waals surface area contributed by atoms with Gasteiger partial charge in [-0.05, 0) is 24.3 Å². The minimum atomic E-state index is -0.715. The largest absolute Gasteiger partial charge is 0.459 e. The molecule has 0 aliphatic rings. The third kappa shape index (κ3) is 2.54. The Kier molecular flexibility index (Phi) is 3.46. The first-order valence-corrected chi connectivity index (χ1v) is 5.24. The van der Waals surface area contributed by atoms with E-state index in [2.05, 4.69) is 10.5 Å². The second-order valence-corrected chi connectivity index (χ2v) is 3.58. The van der Waals surface area contributed by atoms with E-state index in [-0.39, 0.29) is 17.0 Å². The molecule has 0 saturated carbocycles. The van der Waals surface area contributed by atoms with Crippen molar-refractivity contribution in [3.8, 4) is 0 Å². The van der Waals surface area contributed by atoms with Crippen LogP contribution in [0, 0.1) is 5.82 Å². The van der Waals surface area contributed by atoms with Crippen LogP contribution in [0.1, 0.15) is 16.1 Å². The number of hydrogen-bond donors (Lipinski definition) is 3. The number of halogens is 1. The van der Waals surface area contributed by atoms with Crippen LogP contribution in [0.2, 0.25) is 0 Å². The van der Waals surface area contributed by atoms with E-state index in [1.807, 2.05) is 0 Å². The van der Waals surface area contributed by atoms with Crippen molar-refractivity contribution >= 4 is 17.4 Å². The van der Waals surface area contributed by atoms with Gasteiger partial charge in [0.25, 0.3) is 5.91 Å². The number of nitrogens with zero attached hydrogens (tertiary/aromatic N) is 1. The van der Waals surface area contributed by atoms with Crippen molar-refractivity contribution in [1.29, 1.82) is 0 Å². The zero-order valence-corrected chi connectivity index (χ0v) is 9.63. The highest BCUT2D eigenvalue weighted by Crippen LogP contribution is 2.19. The van der Waals surface area contributed by atoms with Gasteiger partial charge in [0, 0.05) is 0 Å². The van der Waals surface area contributed by atoms with Gasteiger partial charge in [-0.3, -0.25) is 4.79 Å². The van der Waals surface area contributed by atoms with Crippen LogP contribution in [-0.4, -0.2) is 17.0 Å². The molecule has 0 fully saturated rings. The standard InChI is InChI=1S/C12H10FN3O3/c13-7-3-1-4-8(10(7)11(14)16-18)15-12(17)9-5-2-6-19-9/h1-6,18H,(H2,14,16)(H,15,17). The highest BCUT2D eigenvalue weighted by molar-refractivity contribution is 6.08. The second-order valence-electron chi connectivity index (χ2n) is 3.58. The van der Waals surface area contributed by atoms with Crippen molar-refractivity contribution in [2.45, 2.75) is 0 Å². The molecule has 6 nitrogen and oxygen atoms in total. The Hall–Kier alpha value is -2.83. The van der Waals surface area contributed by atoms with Crippen LogP contribution in [0.5, 0.6) is 0 Å². The summed E-state index contributed by atoms with van der Waals surface area (Å²) in [6, 6.07) is 6.96. The molecular weight excluding hydrogens is 253 g/mol. The number of rotatable bonds is 3. The molecule has 0 radical (unpaired) electrons. The summed E-state index contributed by atoms with van der Waals surface area (Å²) in [5.74, 6) is -1.65. The number of nitrogens with one attached hydrogen (secondary N) is 1. The number of oxime groups is 1. The van der Waals surface area contributed by atoms with E-state index in [0.717, 1.165) is 6.07 Å². The summed E-state index contributed by atoms with van der Waals surface area (Å²) in [7, 11) is 0. The Morgan fingerprint density at radius 2 is 2.16 bits per heavy atom. The van der Waals surface area contributed by atoms with Crippen molar-refractivity contribution in [3.63, 3.8) is 0 Å². The van der Waals surface area contributed by atoms with Gasteiger partial charge in [0.15, 0.2) is 11.6 Å². The molecule has 2 rings (SSSR count). The summed E-state index contributed by atoms with van der Waals surface area (Å²) >= 11 is 0. The average molecular weight is 263 g/mol. The van der Waals surface area contributed by atoms with Gasteiger partial charge in [0.2, 0.25) is 0 Å². The maximum atomic E-state index is 13.6. The molecule has 98 valence electrons. The first-order valence-electron chi connectivity index (χ1n) is 5.24. The first-order chi connectivity index (χ1) is 9.13. The zero-order valence-electron chi connectivity index (χ0n) is 9.63. The average Bonchev–Trinajstić information content (AvgIpc) is 2.92. The van der Waals surface area contributed by atoms with E-state index in [4.69, 9.17) is 15.4 Å². The predicted octanol–water partition coefficient (Wildman–Crippen LogP) is 1.77. The molecule has 0 aliphatic heterocycles. The Bertz CT molecular complexity index is 623. The van der Waals surface area contributed by atoms with Crippen molar-refractivity contribution < 1.29 is 18.8 Å². The normalized spacial score (nSPS) is 11.3. The lowest BCUT2D eigenvalue weighted by molar-refractivity contribution is 0.0996. The van der Waals surface area contributed by atoms with Crippen molar-refractivity contribution in [3.05, 3.63) is 53.7 Å². The second kappa shape index (κ2) is 5.21. The van der Waals surface area contributed by atoms with Gasteiger partial charge in [-0.1, -0.05) is 11.2 Å². The third-order valence-corrected chi connectivity index (χ3v) is 2.37. The van der Waals surface area contributed by atoms with E-state index >= 15 is 0 Å². The van der Waals surface area contributed by atoms with Crippen LogP contribution >= 0.6 is 0 Å². The van der Waals surface area contributed by atoms with Crippen LogP contribution in [0.3, 0.4) is 0 Å². The molecular formula is C12H10FN3O3. The number of hydrogen-bond acceptors (Lipinski definition) is 4. The monoisotopic (exact) mass is 263 g/mol. The molecule has 0 spiro atoms. The SMILES string of the molecule is N/C(=N/O)c1c(F)cccc1NC(=O)c1ccco1. The molecule has 0 saturated heterocycles. The maximum Gasteiger partial charge on any atom is 0.291 e. The summed E-state index contributed by atoms with van der Waals surface area (Å²) < 4.78 is 18.5. The van der Waals surface area contributed by atoms with Gasteiger partial charge in [0.1, 0.15) is 5.82 Å². The Balaban J connectivity index is 2.36. The molecule has 19 heavy (non-hydrogen) atoms. The number of nitrogens with two attached hydrogens (primary N) is 1. The fourth-order valence-electron chi connectivity index (χ4n) is 1.53. The lowest BCUT2D eigenvalue weighted by Gasteiger charge is -2.09. The van der Waals surface area contributed by atoms with Gasteiger partial charge < -0.3 is 20.7 Å². The Labute approximate surface area is 107 Å². The summed E-state index contributed by atoms with van der Waals surface area (Å²) in [5, 5.41) is 13.8. The smallest absolute Gasteiger partial charge is 0.291 e. The lowest BCUT2D eigenvalue weighted by atomic mass is 10.1. The molecule has 1 amide bonds. The van der Waals surface area contributed by atoms with Gasteiger partial charge in [-0.15, -0.1) is 0 Å². The summed E-state index contributed by atoms with van der Waals surface area (Å²) in [5.41, 5.74) is 5.27. The van der Waals surface area contributed by atoms with E-state index in [1.165, 1.54) is 24.5 Å². The minimum Gasteiger partial charge on any atom is -0.459 e. The Morgan fingerprint density at radius 3 is 2.79 bits per heavy atom. The van der Waals surface area contributed by atoms with E-state index in [9.17, 15) is 9.18 Å². The number of benzene rings is 1. The van der Waals surface area contributed by atoms with Crippen LogP contribution < -0.4 is 11.1 Å². The molecule has 4 N–H and O–H groups in total. The van der Waals surface area contributed by atoms with Crippen LogP contribution in [0.4, 0.5) is 10.1 Å². The Morgan fingerprint density at radius 1 is 1.37 bits per heavy atom. The molecule has 0 unspecified atom stereocenters. The summed E-state index contributed by atoms with van der Waals surface area (Å²) in [6.07, 6.45) is 1.34. The quantitative estimate of drug-likeness (QED) is 0.340. The summed E-state index contributed by atoms with van der Waals surface area (Å²) in [6.45, 7) is 0. The molecule has 7 heteroatoms. The topological polar surface area (TPSA) is 101 Å². The van der Waals surface area contributed by atoms with Crippen LogP contribution in [0.25, 0.3) is 0 Å². The number of amidine groups is 1.